The van der Waals surface area contributed by atoms with Crippen LogP contribution >= 0.6 is 0 Å². The molecule has 5 aromatic rings. The van der Waals surface area contributed by atoms with Crippen LogP contribution in [0, 0.1) is 0 Å². The summed E-state index contributed by atoms with van der Waals surface area (Å²) in [6.07, 6.45) is 1.31. The Bertz CT molecular complexity index is 1550. The van der Waals surface area contributed by atoms with Crippen molar-refractivity contribution in [1.82, 2.24) is 0 Å². The molecule has 0 atom stereocenters. The van der Waals surface area contributed by atoms with Gasteiger partial charge in [-0.05, 0) is 53.1 Å². The number of methoxy groups -OCH3 is 1. The molecule has 0 saturated heterocycles. The number of esters is 1. The van der Waals surface area contributed by atoms with Crippen LogP contribution in [0.4, 0.5) is 0 Å². The number of carbonyl (C=O) groups excluding carboxylic acids is 1. The maximum absolute atomic E-state index is 13.0. The molecule has 0 aliphatic rings. The van der Waals surface area contributed by atoms with Gasteiger partial charge in [0.25, 0.3) is 0 Å². The molecule has 0 aliphatic heterocycles. The molecule has 178 valence electrons. The maximum Gasteiger partial charge on any atom is 0.337 e. The Hall–Kier alpha value is -4.84. The minimum Gasteiger partial charge on any atom is -0.489 e. The molecule has 0 saturated carbocycles. The number of benzene rings is 4. The van der Waals surface area contributed by atoms with Crippen molar-refractivity contribution >= 4 is 16.9 Å². The third-order valence-corrected chi connectivity index (χ3v) is 5.68. The predicted octanol–water partition coefficient (Wildman–Crippen LogP) is 6.62. The highest BCUT2D eigenvalue weighted by molar-refractivity contribution is 5.89. The van der Waals surface area contributed by atoms with Crippen LogP contribution in [-0.4, -0.2) is 13.1 Å². The Kier molecular flexibility index (Phi) is 6.49. The summed E-state index contributed by atoms with van der Waals surface area (Å²) in [6.45, 7) is 0.289. The number of fused-ring (bicyclic) bond motifs is 1. The molecule has 0 unspecified atom stereocenters. The molecular weight excluding hydrogens is 456 g/mol. The van der Waals surface area contributed by atoms with E-state index >= 15 is 0 Å². The summed E-state index contributed by atoms with van der Waals surface area (Å²) in [5.74, 6) is 0.807. The van der Waals surface area contributed by atoms with Gasteiger partial charge in [-0.2, -0.15) is 0 Å². The zero-order valence-corrected chi connectivity index (χ0v) is 19.5. The molecular formula is C30H22O6. The molecule has 6 heteroatoms. The third-order valence-electron chi connectivity index (χ3n) is 5.68. The second kappa shape index (κ2) is 10.2. The molecule has 0 fully saturated rings. The summed E-state index contributed by atoms with van der Waals surface area (Å²) in [7, 11) is 1.34. The first-order chi connectivity index (χ1) is 17.6. The van der Waals surface area contributed by atoms with E-state index in [0.717, 1.165) is 16.7 Å². The standard InChI is InChI=1S/C30H22O6/c1-33-30(32)23-9-7-20(8-10-23)18-34-25-15-16-26-27(17-25)35-19-28(29(26)31)36-24-13-11-22(12-14-24)21-5-3-2-4-6-21/h2-17,19H,18H2,1H3. The quantitative estimate of drug-likeness (QED) is 0.245. The minimum atomic E-state index is -0.389. The van der Waals surface area contributed by atoms with Crippen LogP contribution in [0.25, 0.3) is 22.1 Å². The lowest BCUT2D eigenvalue weighted by Crippen LogP contribution is -2.05. The molecule has 0 N–H and O–H groups in total. The first kappa shape index (κ1) is 22.9. The Morgan fingerprint density at radius 1 is 0.806 bits per heavy atom. The van der Waals surface area contributed by atoms with Crippen molar-refractivity contribution in [3.63, 3.8) is 0 Å². The fourth-order valence-corrected chi connectivity index (χ4v) is 3.75. The van der Waals surface area contributed by atoms with Crippen LogP contribution in [0.5, 0.6) is 17.2 Å². The topological polar surface area (TPSA) is 75.0 Å². The number of rotatable bonds is 7. The van der Waals surface area contributed by atoms with E-state index in [9.17, 15) is 9.59 Å². The number of ether oxygens (including phenoxy) is 3. The highest BCUT2D eigenvalue weighted by atomic mass is 16.5. The molecule has 4 aromatic carbocycles. The first-order valence-corrected chi connectivity index (χ1v) is 11.3. The van der Waals surface area contributed by atoms with Gasteiger partial charge in [0.05, 0.1) is 18.1 Å². The molecule has 0 amide bonds. The second-order valence-electron chi connectivity index (χ2n) is 8.06. The van der Waals surface area contributed by atoms with Crippen LogP contribution in [0.2, 0.25) is 0 Å². The molecule has 0 aliphatic carbocycles. The third kappa shape index (κ3) is 4.98. The fourth-order valence-electron chi connectivity index (χ4n) is 3.75. The van der Waals surface area contributed by atoms with Gasteiger partial charge in [-0.1, -0.05) is 54.6 Å². The van der Waals surface area contributed by atoms with Gasteiger partial charge in [-0.15, -0.1) is 0 Å². The lowest BCUT2D eigenvalue weighted by Gasteiger charge is -2.09. The summed E-state index contributed by atoms with van der Waals surface area (Å²) in [6, 6.07) is 29.5. The average molecular weight is 479 g/mol. The molecule has 1 heterocycles. The van der Waals surface area contributed by atoms with Gasteiger partial charge >= 0.3 is 5.97 Å². The van der Waals surface area contributed by atoms with Crippen molar-refractivity contribution in [1.29, 1.82) is 0 Å². The number of hydrogen-bond donors (Lipinski definition) is 0. The van der Waals surface area contributed by atoms with Crippen LogP contribution < -0.4 is 14.9 Å². The lowest BCUT2D eigenvalue weighted by atomic mass is 10.1. The Labute approximate surface area is 207 Å². The Morgan fingerprint density at radius 3 is 2.22 bits per heavy atom. The largest absolute Gasteiger partial charge is 0.489 e. The van der Waals surface area contributed by atoms with Gasteiger partial charge in [-0.25, -0.2) is 4.79 Å². The van der Waals surface area contributed by atoms with E-state index in [1.807, 2.05) is 54.6 Å². The van der Waals surface area contributed by atoms with Gasteiger partial charge in [0, 0.05) is 6.07 Å². The summed E-state index contributed by atoms with van der Waals surface area (Å²) in [4.78, 5) is 24.5. The van der Waals surface area contributed by atoms with Crippen LogP contribution in [0.1, 0.15) is 15.9 Å². The van der Waals surface area contributed by atoms with Crippen molar-refractivity contribution in [2.45, 2.75) is 6.61 Å². The molecule has 0 radical (unpaired) electrons. The molecule has 0 spiro atoms. The molecule has 0 bridgehead atoms. The van der Waals surface area contributed by atoms with Crippen molar-refractivity contribution < 1.29 is 23.4 Å². The van der Waals surface area contributed by atoms with E-state index in [-0.39, 0.29) is 23.8 Å². The zero-order valence-electron chi connectivity index (χ0n) is 19.5. The average Bonchev–Trinajstić information content (AvgIpc) is 2.94. The first-order valence-electron chi connectivity index (χ1n) is 11.3. The predicted molar refractivity (Wildman–Crippen MR) is 137 cm³/mol. The highest BCUT2D eigenvalue weighted by Crippen LogP contribution is 2.27. The maximum atomic E-state index is 13.0. The fraction of sp³-hybridized carbons (Fsp3) is 0.0667. The van der Waals surface area contributed by atoms with E-state index < -0.39 is 0 Å². The van der Waals surface area contributed by atoms with E-state index in [0.29, 0.717) is 28.0 Å². The molecule has 36 heavy (non-hydrogen) atoms. The van der Waals surface area contributed by atoms with E-state index in [1.165, 1.54) is 13.4 Å². The Balaban J connectivity index is 1.28. The van der Waals surface area contributed by atoms with E-state index in [4.69, 9.17) is 18.6 Å². The summed E-state index contributed by atoms with van der Waals surface area (Å²) in [5, 5.41) is 0.392. The summed E-state index contributed by atoms with van der Waals surface area (Å²) < 4.78 is 22.0. The van der Waals surface area contributed by atoms with Crippen LogP contribution in [0.3, 0.4) is 0 Å². The molecule has 6 nitrogen and oxygen atoms in total. The van der Waals surface area contributed by atoms with Gasteiger partial charge in [0.15, 0.2) is 0 Å². The van der Waals surface area contributed by atoms with Gasteiger partial charge < -0.3 is 18.6 Å². The zero-order chi connectivity index (χ0) is 24.9. The second-order valence-corrected chi connectivity index (χ2v) is 8.06. The normalized spacial score (nSPS) is 10.7. The highest BCUT2D eigenvalue weighted by Gasteiger charge is 2.11. The van der Waals surface area contributed by atoms with E-state index in [2.05, 4.69) is 0 Å². The van der Waals surface area contributed by atoms with Gasteiger partial charge in [0.2, 0.25) is 11.2 Å². The SMILES string of the molecule is COC(=O)c1ccc(COc2ccc3c(=O)c(Oc4ccc(-c5ccccc5)cc4)coc3c2)cc1. The lowest BCUT2D eigenvalue weighted by molar-refractivity contribution is 0.0600. The van der Waals surface area contributed by atoms with Crippen molar-refractivity contribution in [2.24, 2.45) is 0 Å². The minimum absolute atomic E-state index is 0.106. The van der Waals surface area contributed by atoms with Gasteiger partial charge in [-0.3, -0.25) is 4.79 Å². The monoisotopic (exact) mass is 478 g/mol. The van der Waals surface area contributed by atoms with Crippen molar-refractivity contribution in [2.75, 3.05) is 7.11 Å². The summed E-state index contributed by atoms with van der Waals surface area (Å²) >= 11 is 0. The summed E-state index contributed by atoms with van der Waals surface area (Å²) in [5.41, 5.74) is 3.63. The van der Waals surface area contributed by atoms with Crippen molar-refractivity contribution in [3.05, 3.63) is 125 Å². The van der Waals surface area contributed by atoms with Gasteiger partial charge in [0.1, 0.15) is 30.0 Å². The van der Waals surface area contributed by atoms with Crippen LogP contribution in [0.15, 0.2) is 113 Å². The smallest absolute Gasteiger partial charge is 0.337 e. The molecule has 1 aromatic heterocycles. The number of carbonyl (C=O) groups is 1. The number of hydrogen-bond acceptors (Lipinski definition) is 6. The molecule has 5 rings (SSSR count). The Morgan fingerprint density at radius 2 is 1.50 bits per heavy atom. The van der Waals surface area contributed by atoms with Crippen molar-refractivity contribution in [3.8, 4) is 28.4 Å². The van der Waals surface area contributed by atoms with Crippen LogP contribution in [-0.2, 0) is 11.3 Å². The van der Waals surface area contributed by atoms with E-state index in [1.54, 1.807) is 42.5 Å².